The van der Waals surface area contributed by atoms with Crippen molar-refractivity contribution < 1.29 is 5.11 Å². The van der Waals surface area contributed by atoms with Crippen LogP contribution in [0.1, 0.15) is 24.1 Å². The Balaban J connectivity index is 2.96. The molecule has 4 N–H and O–H groups in total. The number of aryl methyl sites for hydroxylation is 1. The van der Waals surface area contributed by atoms with Crippen molar-refractivity contribution in [2.24, 2.45) is 5.84 Å². The summed E-state index contributed by atoms with van der Waals surface area (Å²) in [5, 5.41) is 9.25. The number of hydrazine groups is 1. The van der Waals surface area contributed by atoms with Crippen molar-refractivity contribution in [2.75, 3.05) is 0 Å². The van der Waals surface area contributed by atoms with Crippen LogP contribution >= 0.6 is 0 Å². The minimum absolute atomic E-state index is 0.115. The predicted octanol–water partition coefficient (Wildman–Crippen LogP) is 1.22. The van der Waals surface area contributed by atoms with E-state index in [0.29, 0.717) is 5.75 Å². The molecule has 3 heteroatoms. The van der Waals surface area contributed by atoms with Gasteiger partial charge in [-0.25, -0.2) is 0 Å². The second kappa shape index (κ2) is 3.56. The summed E-state index contributed by atoms with van der Waals surface area (Å²) in [5.41, 5.74) is 4.59. The molecule has 1 aromatic rings. The van der Waals surface area contributed by atoms with Gasteiger partial charge < -0.3 is 5.11 Å². The summed E-state index contributed by atoms with van der Waals surface area (Å²) in [6, 6.07) is 5.56. The zero-order valence-electron chi connectivity index (χ0n) is 7.33. The smallest absolute Gasteiger partial charge is 0.118 e. The van der Waals surface area contributed by atoms with Gasteiger partial charge >= 0.3 is 0 Å². The summed E-state index contributed by atoms with van der Waals surface area (Å²) in [5.74, 6) is 5.60. The quantitative estimate of drug-likeness (QED) is 0.457. The third-order valence-corrected chi connectivity index (χ3v) is 1.97. The topological polar surface area (TPSA) is 58.3 Å². The molecule has 0 spiro atoms. The van der Waals surface area contributed by atoms with E-state index in [9.17, 15) is 5.11 Å². The summed E-state index contributed by atoms with van der Waals surface area (Å²) >= 11 is 0. The lowest BCUT2D eigenvalue weighted by Gasteiger charge is -2.11. The van der Waals surface area contributed by atoms with Gasteiger partial charge in [-0.3, -0.25) is 11.3 Å². The van der Waals surface area contributed by atoms with Crippen LogP contribution in [-0.4, -0.2) is 5.11 Å². The molecule has 3 nitrogen and oxygen atoms in total. The number of nitrogens with two attached hydrogens (primary N) is 1. The van der Waals surface area contributed by atoms with Gasteiger partial charge in [0.2, 0.25) is 0 Å². The van der Waals surface area contributed by atoms with Gasteiger partial charge in [-0.1, -0.05) is 12.1 Å². The molecule has 0 saturated heterocycles. The lowest BCUT2D eigenvalue weighted by atomic mass is 10.1. The van der Waals surface area contributed by atoms with Crippen LogP contribution < -0.4 is 11.3 Å². The molecule has 12 heavy (non-hydrogen) atoms. The van der Waals surface area contributed by atoms with Gasteiger partial charge in [0, 0.05) is 6.04 Å². The lowest BCUT2D eigenvalue weighted by Crippen LogP contribution is -2.25. The fraction of sp³-hybridized carbons (Fsp3) is 0.333. The van der Waals surface area contributed by atoms with Crippen molar-refractivity contribution >= 4 is 0 Å². The lowest BCUT2D eigenvalue weighted by molar-refractivity contribution is 0.470. The third-order valence-electron chi connectivity index (χ3n) is 1.97. The zero-order valence-corrected chi connectivity index (χ0v) is 7.33. The van der Waals surface area contributed by atoms with E-state index in [1.54, 1.807) is 6.07 Å². The maximum absolute atomic E-state index is 9.25. The van der Waals surface area contributed by atoms with Crippen LogP contribution in [0.3, 0.4) is 0 Å². The Kier molecular flexibility index (Phi) is 2.68. The first kappa shape index (κ1) is 9.03. The van der Waals surface area contributed by atoms with Crippen LogP contribution in [0.5, 0.6) is 5.75 Å². The first-order valence-electron chi connectivity index (χ1n) is 3.91. The van der Waals surface area contributed by atoms with Gasteiger partial charge in [0.05, 0.1) is 0 Å². The Morgan fingerprint density at radius 3 is 2.67 bits per heavy atom. The van der Waals surface area contributed by atoms with Crippen LogP contribution in [-0.2, 0) is 0 Å². The zero-order chi connectivity index (χ0) is 9.14. The molecule has 0 saturated carbocycles. The molecule has 0 aliphatic rings. The summed E-state index contributed by atoms with van der Waals surface area (Å²) in [6.07, 6.45) is 0. The summed E-state index contributed by atoms with van der Waals surface area (Å²) in [6.45, 7) is 3.83. The molecule has 1 rings (SSSR count). The normalized spacial score (nSPS) is 12.9. The summed E-state index contributed by atoms with van der Waals surface area (Å²) < 4.78 is 0. The highest BCUT2D eigenvalue weighted by Gasteiger charge is 2.03. The van der Waals surface area contributed by atoms with Gasteiger partial charge in [-0.15, -0.1) is 0 Å². The van der Waals surface area contributed by atoms with Crippen molar-refractivity contribution in [1.82, 2.24) is 5.43 Å². The molecule has 1 aromatic carbocycles. The average molecular weight is 166 g/mol. The largest absolute Gasteiger partial charge is 0.508 e. The molecular weight excluding hydrogens is 152 g/mol. The number of nitrogens with one attached hydrogen (secondary N) is 1. The fourth-order valence-corrected chi connectivity index (χ4v) is 1.04. The van der Waals surface area contributed by atoms with E-state index in [1.165, 1.54) is 0 Å². The van der Waals surface area contributed by atoms with E-state index in [4.69, 9.17) is 5.84 Å². The number of phenolic OH excluding ortho intramolecular Hbond substituents is 1. The molecule has 0 aliphatic heterocycles. The van der Waals surface area contributed by atoms with Crippen molar-refractivity contribution in [1.29, 1.82) is 0 Å². The number of phenols is 1. The summed E-state index contributed by atoms with van der Waals surface area (Å²) in [7, 11) is 0. The molecule has 1 unspecified atom stereocenters. The van der Waals surface area contributed by atoms with Crippen LogP contribution in [0.4, 0.5) is 0 Å². The molecule has 66 valence electrons. The molecular formula is C9H14N2O. The van der Waals surface area contributed by atoms with Crippen LogP contribution in [0.25, 0.3) is 0 Å². The Hall–Kier alpha value is -1.06. The van der Waals surface area contributed by atoms with Gasteiger partial charge in [-0.05, 0) is 31.0 Å². The van der Waals surface area contributed by atoms with Crippen LogP contribution in [0.15, 0.2) is 18.2 Å². The second-order valence-electron chi connectivity index (χ2n) is 2.93. The number of benzene rings is 1. The van der Waals surface area contributed by atoms with Gasteiger partial charge in [-0.2, -0.15) is 0 Å². The van der Waals surface area contributed by atoms with Crippen molar-refractivity contribution in [3.63, 3.8) is 0 Å². The monoisotopic (exact) mass is 166 g/mol. The fourth-order valence-electron chi connectivity index (χ4n) is 1.04. The SMILES string of the molecule is Cc1cc(C(C)NN)ccc1O. The molecule has 0 radical (unpaired) electrons. The predicted molar refractivity (Wildman–Crippen MR) is 48.6 cm³/mol. The number of aromatic hydroxyl groups is 1. The Bertz CT molecular complexity index is 273. The van der Waals surface area contributed by atoms with Gasteiger partial charge in [0.25, 0.3) is 0 Å². The highest BCUT2D eigenvalue weighted by Crippen LogP contribution is 2.20. The molecule has 0 aliphatic carbocycles. The standard InChI is InChI=1S/C9H14N2O/c1-6-5-8(7(2)11-10)3-4-9(6)12/h3-5,7,11-12H,10H2,1-2H3. The number of hydrogen-bond acceptors (Lipinski definition) is 3. The third kappa shape index (κ3) is 1.75. The maximum atomic E-state index is 9.25. The van der Waals surface area contributed by atoms with Crippen molar-refractivity contribution in [3.8, 4) is 5.75 Å². The maximum Gasteiger partial charge on any atom is 0.118 e. The second-order valence-corrected chi connectivity index (χ2v) is 2.93. The van der Waals surface area contributed by atoms with Gasteiger partial charge in [0.1, 0.15) is 5.75 Å². The minimum atomic E-state index is 0.115. The van der Waals surface area contributed by atoms with E-state index in [2.05, 4.69) is 5.43 Å². The molecule has 0 amide bonds. The van der Waals surface area contributed by atoms with Crippen molar-refractivity contribution in [3.05, 3.63) is 29.3 Å². The van der Waals surface area contributed by atoms with E-state index >= 15 is 0 Å². The van der Waals surface area contributed by atoms with E-state index in [-0.39, 0.29) is 6.04 Å². The Morgan fingerprint density at radius 2 is 2.17 bits per heavy atom. The van der Waals surface area contributed by atoms with E-state index < -0.39 is 0 Å². The molecule has 0 fully saturated rings. The van der Waals surface area contributed by atoms with Crippen LogP contribution in [0.2, 0.25) is 0 Å². The van der Waals surface area contributed by atoms with Crippen molar-refractivity contribution in [2.45, 2.75) is 19.9 Å². The first-order valence-corrected chi connectivity index (χ1v) is 3.91. The molecule has 0 heterocycles. The first-order chi connectivity index (χ1) is 5.65. The Labute approximate surface area is 72.2 Å². The van der Waals surface area contributed by atoms with Crippen LogP contribution in [0, 0.1) is 6.92 Å². The average Bonchev–Trinajstić information content (AvgIpc) is 2.08. The number of rotatable bonds is 2. The minimum Gasteiger partial charge on any atom is -0.508 e. The molecule has 1 atom stereocenters. The van der Waals surface area contributed by atoms with Gasteiger partial charge in [0.15, 0.2) is 0 Å². The highest BCUT2D eigenvalue weighted by molar-refractivity contribution is 5.35. The molecule has 0 bridgehead atoms. The number of hydrogen-bond donors (Lipinski definition) is 3. The summed E-state index contributed by atoms with van der Waals surface area (Å²) in [4.78, 5) is 0. The highest BCUT2D eigenvalue weighted by atomic mass is 16.3. The Morgan fingerprint density at radius 1 is 1.50 bits per heavy atom. The van der Waals surface area contributed by atoms with E-state index in [1.807, 2.05) is 26.0 Å². The molecule has 0 aromatic heterocycles. The van der Waals surface area contributed by atoms with E-state index in [0.717, 1.165) is 11.1 Å².